The minimum atomic E-state index is -1.63. The van der Waals surface area contributed by atoms with Crippen molar-refractivity contribution in [3.8, 4) is 0 Å². The van der Waals surface area contributed by atoms with Crippen molar-refractivity contribution in [1.82, 2.24) is 0 Å². The lowest BCUT2D eigenvalue weighted by Crippen LogP contribution is -2.28. The van der Waals surface area contributed by atoms with E-state index >= 15 is 0 Å². The van der Waals surface area contributed by atoms with Gasteiger partial charge >= 0.3 is 0 Å². The van der Waals surface area contributed by atoms with Gasteiger partial charge in [0, 0.05) is 0 Å². The molecular weight excluding hydrogens is 298 g/mol. The number of benzene rings is 2. The van der Waals surface area contributed by atoms with E-state index in [1.54, 1.807) is 0 Å². The Labute approximate surface area is 123 Å². The van der Waals surface area contributed by atoms with E-state index in [1.165, 1.54) is 24.3 Å². The molecule has 0 heterocycles. The highest BCUT2D eigenvalue weighted by molar-refractivity contribution is 6.01. The van der Waals surface area contributed by atoms with E-state index in [0.29, 0.717) is 18.4 Å². The van der Waals surface area contributed by atoms with E-state index < -0.39 is 40.3 Å². The van der Waals surface area contributed by atoms with Crippen LogP contribution >= 0.6 is 0 Å². The molecule has 0 saturated heterocycles. The summed E-state index contributed by atoms with van der Waals surface area (Å²) in [6.07, 6.45) is 1.05. The number of carbonyl (C=O) groups excluding carboxylic acids is 1. The molecule has 1 saturated carbocycles. The van der Waals surface area contributed by atoms with Gasteiger partial charge < -0.3 is 5.32 Å². The van der Waals surface area contributed by atoms with Crippen LogP contribution in [0.2, 0.25) is 0 Å². The van der Waals surface area contributed by atoms with Gasteiger partial charge in [-0.1, -0.05) is 12.1 Å². The van der Waals surface area contributed by atoms with Gasteiger partial charge in [-0.2, -0.15) is 0 Å². The maximum atomic E-state index is 13.6. The summed E-state index contributed by atoms with van der Waals surface area (Å²) in [6.45, 7) is 0. The SMILES string of the molecule is O=C(Nc1ccc(F)c(F)c1F)C1(c2ccc(F)cc2)CC1. The monoisotopic (exact) mass is 309 g/mol. The molecule has 2 aromatic carbocycles. The molecule has 1 fully saturated rings. The molecule has 0 unspecified atom stereocenters. The zero-order chi connectivity index (χ0) is 15.9. The molecule has 22 heavy (non-hydrogen) atoms. The molecule has 0 atom stereocenters. The fourth-order valence-electron chi connectivity index (χ4n) is 2.41. The van der Waals surface area contributed by atoms with Crippen LogP contribution < -0.4 is 5.32 Å². The summed E-state index contributed by atoms with van der Waals surface area (Å²) in [5, 5.41) is 2.28. The normalized spacial score (nSPS) is 15.5. The highest BCUT2D eigenvalue weighted by Crippen LogP contribution is 2.49. The highest BCUT2D eigenvalue weighted by atomic mass is 19.2. The molecule has 1 aliphatic rings. The van der Waals surface area contributed by atoms with E-state index in [2.05, 4.69) is 5.32 Å². The first-order valence-corrected chi connectivity index (χ1v) is 6.65. The van der Waals surface area contributed by atoms with Gasteiger partial charge in [-0.25, -0.2) is 17.6 Å². The van der Waals surface area contributed by atoms with Crippen LogP contribution in [0.4, 0.5) is 23.2 Å². The van der Waals surface area contributed by atoms with Crippen LogP contribution in [0.3, 0.4) is 0 Å². The van der Waals surface area contributed by atoms with Gasteiger partial charge in [0.05, 0.1) is 11.1 Å². The summed E-state index contributed by atoms with van der Waals surface area (Å²) in [5.74, 6) is -5.35. The maximum Gasteiger partial charge on any atom is 0.235 e. The number of amides is 1. The fraction of sp³-hybridized carbons (Fsp3) is 0.188. The fourth-order valence-corrected chi connectivity index (χ4v) is 2.41. The molecule has 2 aromatic rings. The van der Waals surface area contributed by atoms with Crippen LogP contribution in [-0.4, -0.2) is 5.91 Å². The Hall–Kier alpha value is -2.37. The van der Waals surface area contributed by atoms with E-state index in [4.69, 9.17) is 0 Å². The second-order valence-corrected chi connectivity index (χ2v) is 5.27. The van der Waals surface area contributed by atoms with Gasteiger partial charge in [0.1, 0.15) is 5.82 Å². The lowest BCUT2D eigenvalue weighted by atomic mass is 9.95. The molecule has 0 spiro atoms. The van der Waals surface area contributed by atoms with Gasteiger partial charge in [0.2, 0.25) is 5.91 Å². The van der Waals surface area contributed by atoms with Crippen molar-refractivity contribution in [1.29, 1.82) is 0 Å². The van der Waals surface area contributed by atoms with Crippen molar-refractivity contribution >= 4 is 11.6 Å². The molecule has 6 heteroatoms. The van der Waals surface area contributed by atoms with E-state index in [-0.39, 0.29) is 0 Å². The Balaban J connectivity index is 1.86. The van der Waals surface area contributed by atoms with Crippen LogP contribution in [0.15, 0.2) is 36.4 Å². The van der Waals surface area contributed by atoms with Crippen molar-refractivity contribution < 1.29 is 22.4 Å². The second-order valence-electron chi connectivity index (χ2n) is 5.27. The second kappa shape index (κ2) is 5.12. The minimum Gasteiger partial charge on any atom is -0.323 e. The predicted octanol–water partition coefficient (Wildman–Crippen LogP) is 3.91. The number of anilines is 1. The third-order valence-corrected chi connectivity index (χ3v) is 3.86. The third kappa shape index (κ3) is 2.34. The molecule has 114 valence electrons. The molecule has 1 amide bonds. The molecule has 1 N–H and O–H groups in total. The quantitative estimate of drug-likeness (QED) is 0.676. The van der Waals surface area contributed by atoms with Crippen molar-refractivity contribution in [3.63, 3.8) is 0 Å². The third-order valence-electron chi connectivity index (χ3n) is 3.86. The standard InChI is InChI=1S/C16H11F4NO/c17-10-3-1-9(2-4-10)16(7-8-16)15(22)21-12-6-5-11(18)13(19)14(12)20/h1-6H,7-8H2,(H,21,22). The average molecular weight is 309 g/mol. The predicted molar refractivity (Wildman–Crippen MR) is 72.3 cm³/mol. The van der Waals surface area contributed by atoms with Crippen LogP contribution in [-0.2, 0) is 10.2 Å². The molecule has 1 aliphatic carbocycles. The molecular formula is C16H11F4NO. The Morgan fingerprint density at radius 3 is 2.14 bits per heavy atom. The lowest BCUT2D eigenvalue weighted by Gasteiger charge is -2.16. The number of halogens is 4. The molecule has 3 rings (SSSR count). The molecule has 2 nitrogen and oxygen atoms in total. The number of carbonyl (C=O) groups is 1. The summed E-state index contributed by atoms with van der Waals surface area (Å²) in [4.78, 5) is 12.3. The highest BCUT2D eigenvalue weighted by Gasteiger charge is 2.51. The molecule has 0 aromatic heterocycles. The first-order chi connectivity index (χ1) is 10.4. The Kier molecular flexibility index (Phi) is 3.39. The number of nitrogens with one attached hydrogen (secondary N) is 1. The maximum absolute atomic E-state index is 13.6. The number of hydrogen-bond donors (Lipinski definition) is 1. The summed E-state index contributed by atoms with van der Waals surface area (Å²) >= 11 is 0. The molecule has 0 radical (unpaired) electrons. The lowest BCUT2D eigenvalue weighted by molar-refractivity contribution is -0.118. The first kappa shape index (κ1) is 14.6. The molecule has 0 bridgehead atoms. The Morgan fingerprint density at radius 2 is 1.55 bits per heavy atom. The van der Waals surface area contributed by atoms with Gasteiger partial charge in [-0.05, 0) is 42.7 Å². The summed E-state index contributed by atoms with van der Waals surface area (Å²) in [7, 11) is 0. The van der Waals surface area contributed by atoms with Crippen molar-refractivity contribution in [2.24, 2.45) is 0 Å². The van der Waals surface area contributed by atoms with Crippen LogP contribution in [0.1, 0.15) is 18.4 Å². The van der Waals surface area contributed by atoms with Crippen molar-refractivity contribution in [2.75, 3.05) is 5.32 Å². The smallest absolute Gasteiger partial charge is 0.235 e. The summed E-state index contributed by atoms with van der Waals surface area (Å²) in [6, 6.07) is 7.16. The van der Waals surface area contributed by atoms with Gasteiger partial charge in [0.15, 0.2) is 17.5 Å². The zero-order valence-electron chi connectivity index (χ0n) is 11.3. The largest absolute Gasteiger partial charge is 0.323 e. The van der Waals surface area contributed by atoms with E-state index in [9.17, 15) is 22.4 Å². The van der Waals surface area contributed by atoms with E-state index in [0.717, 1.165) is 12.1 Å². The Morgan fingerprint density at radius 1 is 0.909 bits per heavy atom. The summed E-state index contributed by atoms with van der Waals surface area (Å²) in [5.41, 5.74) is -0.683. The minimum absolute atomic E-state index is 0.419. The average Bonchev–Trinajstić information content (AvgIpc) is 3.30. The first-order valence-electron chi connectivity index (χ1n) is 6.65. The topological polar surface area (TPSA) is 29.1 Å². The van der Waals surface area contributed by atoms with Crippen molar-refractivity contribution in [3.05, 3.63) is 65.2 Å². The van der Waals surface area contributed by atoms with Crippen molar-refractivity contribution in [2.45, 2.75) is 18.3 Å². The summed E-state index contributed by atoms with van der Waals surface area (Å²) < 4.78 is 52.6. The molecule has 0 aliphatic heterocycles. The van der Waals surface area contributed by atoms with Crippen LogP contribution in [0, 0.1) is 23.3 Å². The van der Waals surface area contributed by atoms with Gasteiger partial charge in [0.25, 0.3) is 0 Å². The zero-order valence-corrected chi connectivity index (χ0v) is 11.3. The van der Waals surface area contributed by atoms with Gasteiger partial charge in [-0.3, -0.25) is 4.79 Å². The number of hydrogen-bond acceptors (Lipinski definition) is 1. The van der Waals surface area contributed by atoms with Gasteiger partial charge in [-0.15, -0.1) is 0 Å². The Bertz CT molecular complexity index is 739. The van der Waals surface area contributed by atoms with Crippen LogP contribution in [0.5, 0.6) is 0 Å². The number of rotatable bonds is 3. The van der Waals surface area contributed by atoms with Crippen LogP contribution in [0.25, 0.3) is 0 Å². The van der Waals surface area contributed by atoms with E-state index in [1.807, 2.05) is 0 Å².